The van der Waals surface area contributed by atoms with E-state index < -0.39 is 9.84 Å². The van der Waals surface area contributed by atoms with Gasteiger partial charge in [-0.25, -0.2) is 19.3 Å². The van der Waals surface area contributed by atoms with Crippen LogP contribution in [0.25, 0.3) is 0 Å². The van der Waals surface area contributed by atoms with Crippen LogP contribution in [0.5, 0.6) is 0 Å². The highest BCUT2D eigenvalue weighted by atomic mass is 32.2. The van der Waals surface area contributed by atoms with Gasteiger partial charge in [0.25, 0.3) is 0 Å². The maximum Gasteiger partial charge on any atom is 0.206 e. The smallest absolute Gasteiger partial charge is 0.206 e. The number of hydrogen-bond acceptors (Lipinski definition) is 6. The van der Waals surface area contributed by atoms with Crippen molar-refractivity contribution in [2.24, 2.45) is 10.6 Å². The molecule has 0 fully saturated rings. The predicted molar refractivity (Wildman–Crippen MR) is 77.2 cm³/mol. The molecule has 0 aliphatic carbocycles. The first-order chi connectivity index (χ1) is 10.1. The average Bonchev–Trinajstić information content (AvgIpc) is 2.49. The van der Waals surface area contributed by atoms with Gasteiger partial charge in [-0.3, -0.25) is 0 Å². The fourth-order valence-electron chi connectivity index (χ4n) is 1.66. The summed E-state index contributed by atoms with van der Waals surface area (Å²) < 4.78 is 24.7. The number of rotatable bonds is 6. The van der Waals surface area contributed by atoms with Crippen LogP contribution < -0.4 is 10.9 Å². The monoisotopic (exact) mass is 306 g/mol. The summed E-state index contributed by atoms with van der Waals surface area (Å²) in [5.74, 6) is 0. The van der Waals surface area contributed by atoms with Crippen LogP contribution in [0.4, 0.5) is 11.4 Å². The Balaban J connectivity index is 2.32. The summed E-state index contributed by atoms with van der Waals surface area (Å²) in [6, 6.07) is 11.2. The van der Waals surface area contributed by atoms with Crippen molar-refractivity contribution >= 4 is 21.2 Å². The molecule has 21 heavy (non-hydrogen) atoms. The van der Waals surface area contributed by atoms with E-state index in [1.54, 1.807) is 0 Å². The number of anilines is 2. The van der Waals surface area contributed by atoms with Gasteiger partial charge in [0, 0.05) is 0 Å². The van der Waals surface area contributed by atoms with Crippen LogP contribution in [0.2, 0.25) is 0 Å². The SMILES string of the molecule is O=NNc1ccc(S(=O)(=O)c2ccc(NN=O)cc2)cc1. The minimum Gasteiger partial charge on any atom is -0.242 e. The molecule has 0 unspecified atom stereocenters. The van der Waals surface area contributed by atoms with Crippen molar-refractivity contribution < 1.29 is 8.42 Å². The lowest BCUT2D eigenvalue weighted by Crippen LogP contribution is -2.02. The van der Waals surface area contributed by atoms with Gasteiger partial charge in [0.1, 0.15) is 0 Å². The summed E-state index contributed by atoms with van der Waals surface area (Å²) in [6.45, 7) is 0. The van der Waals surface area contributed by atoms with Gasteiger partial charge in [-0.15, -0.1) is 9.81 Å². The molecule has 9 heteroatoms. The van der Waals surface area contributed by atoms with Crippen molar-refractivity contribution in [1.29, 1.82) is 0 Å². The molecule has 2 rings (SSSR count). The second-order valence-electron chi connectivity index (χ2n) is 3.96. The van der Waals surface area contributed by atoms with Crippen LogP contribution in [-0.4, -0.2) is 8.42 Å². The third-order valence-electron chi connectivity index (χ3n) is 2.68. The molecule has 0 aliphatic rings. The highest BCUT2D eigenvalue weighted by Crippen LogP contribution is 2.23. The van der Waals surface area contributed by atoms with E-state index in [2.05, 4.69) is 21.4 Å². The molecule has 108 valence electrons. The molecular formula is C12H10N4O4S. The van der Waals surface area contributed by atoms with E-state index in [9.17, 15) is 18.2 Å². The number of nitroso groups, excluding NO2 is 2. The number of sulfone groups is 1. The Morgan fingerprint density at radius 1 is 0.667 bits per heavy atom. The van der Waals surface area contributed by atoms with Gasteiger partial charge in [-0.1, -0.05) is 0 Å². The lowest BCUT2D eigenvalue weighted by Gasteiger charge is -2.06. The Hall–Kier alpha value is -2.81. The molecule has 0 amide bonds. The molecule has 0 atom stereocenters. The van der Waals surface area contributed by atoms with Crippen LogP contribution in [0.1, 0.15) is 0 Å². The highest BCUT2D eigenvalue weighted by molar-refractivity contribution is 7.91. The Labute approximate surface area is 120 Å². The predicted octanol–water partition coefficient (Wildman–Crippen LogP) is 2.71. The molecule has 0 saturated heterocycles. The Bertz CT molecular complexity index is 682. The van der Waals surface area contributed by atoms with Gasteiger partial charge in [0.15, 0.2) is 0 Å². The zero-order valence-corrected chi connectivity index (χ0v) is 11.4. The van der Waals surface area contributed by atoms with Gasteiger partial charge in [0.05, 0.1) is 31.7 Å². The van der Waals surface area contributed by atoms with Crippen molar-refractivity contribution in [3.63, 3.8) is 0 Å². The molecule has 0 spiro atoms. The summed E-state index contributed by atoms with van der Waals surface area (Å²) >= 11 is 0. The van der Waals surface area contributed by atoms with Crippen LogP contribution in [0.3, 0.4) is 0 Å². The molecule has 0 saturated carbocycles. The second kappa shape index (κ2) is 6.09. The molecule has 2 N–H and O–H groups in total. The zero-order valence-electron chi connectivity index (χ0n) is 10.6. The van der Waals surface area contributed by atoms with Crippen LogP contribution in [-0.2, 0) is 9.84 Å². The topological polar surface area (TPSA) is 117 Å². The molecule has 2 aromatic rings. The fourth-order valence-corrected chi connectivity index (χ4v) is 2.92. The molecule has 0 bridgehead atoms. The van der Waals surface area contributed by atoms with Crippen molar-refractivity contribution in [2.45, 2.75) is 9.79 Å². The first-order valence-corrected chi connectivity index (χ1v) is 7.18. The number of benzene rings is 2. The van der Waals surface area contributed by atoms with Gasteiger partial charge in [-0.05, 0) is 48.5 Å². The summed E-state index contributed by atoms with van der Waals surface area (Å²) in [5, 5.41) is 4.98. The molecule has 0 aromatic heterocycles. The summed E-state index contributed by atoms with van der Waals surface area (Å²) in [5.41, 5.74) is 5.13. The van der Waals surface area contributed by atoms with E-state index in [-0.39, 0.29) is 9.79 Å². The minimum absolute atomic E-state index is 0.0770. The maximum atomic E-state index is 12.4. The van der Waals surface area contributed by atoms with Crippen molar-refractivity contribution in [2.75, 3.05) is 10.9 Å². The summed E-state index contributed by atoms with van der Waals surface area (Å²) in [6.07, 6.45) is 0. The normalized spacial score (nSPS) is 10.7. The second-order valence-corrected chi connectivity index (χ2v) is 5.91. The third-order valence-corrected chi connectivity index (χ3v) is 4.46. The maximum absolute atomic E-state index is 12.4. The highest BCUT2D eigenvalue weighted by Gasteiger charge is 2.17. The molecule has 8 nitrogen and oxygen atoms in total. The largest absolute Gasteiger partial charge is 0.242 e. The van der Waals surface area contributed by atoms with E-state index in [0.29, 0.717) is 11.4 Å². The Morgan fingerprint density at radius 3 is 1.29 bits per heavy atom. The van der Waals surface area contributed by atoms with Gasteiger partial charge in [0.2, 0.25) is 9.84 Å². The molecular weight excluding hydrogens is 296 g/mol. The molecule has 2 aromatic carbocycles. The summed E-state index contributed by atoms with van der Waals surface area (Å²) in [7, 11) is -3.68. The Morgan fingerprint density at radius 2 is 1.00 bits per heavy atom. The zero-order chi connectivity index (χ0) is 15.3. The lowest BCUT2D eigenvalue weighted by molar-refractivity contribution is 0.596. The third kappa shape index (κ3) is 3.20. The van der Waals surface area contributed by atoms with Crippen molar-refractivity contribution in [1.82, 2.24) is 0 Å². The lowest BCUT2D eigenvalue weighted by atomic mass is 10.3. The molecule has 0 heterocycles. The first-order valence-electron chi connectivity index (χ1n) is 5.70. The molecule has 0 radical (unpaired) electrons. The quantitative estimate of drug-likeness (QED) is 0.626. The van der Waals surface area contributed by atoms with Crippen molar-refractivity contribution in [3.8, 4) is 0 Å². The standard InChI is InChI=1S/C12H10N4O4S/c17-15-13-9-1-5-11(6-2-9)21(19,20)12-7-3-10(4-8-12)14-16-18/h1-8H,(H,13,17)(H,14,18). The van der Waals surface area contributed by atoms with Crippen LogP contribution >= 0.6 is 0 Å². The van der Waals surface area contributed by atoms with Crippen LogP contribution in [0.15, 0.2) is 68.9 Å². The van der Waals surface area contributed by atoms with Gasteiger partial charge in [-0.2, -0.15) is 0 Å². The van der Waals surface area contributed by atoms with E-state index in [0.717, 1.165) is 0 Å². The van der Waals surface area contributed by atoms with Gasteiger partial charge >= 0.3 is 0 Å². The van der Waals surface area contributed by atoms with Crippen molar-refractivity contribution in [3.05, 3.63) is 58.3 Å². The molecule has 0 aliphatic heterocycles. The van der Waals surface area contributed by atoms with E-state index in [4.69, 9.17) is 0 Å². The Kier molecular flexibility index (Phi) is 4.24. The number of nitrogens with one attached hydrogen (secondary N) is 2. The minimum atomic E-state index is -3.68. The van der Waals surface area contributed by atoms with E-state index in [1.165, 1.54) is 48.5 Å². The van der Waals surface area contributed by atoms with E-state index >= 15 is 0 Å². The number of nitrogens with zero attached hydrogens (tertiary/aromatic N) is 2. The summed E-state index contributed by atoms with van der Waals surface area (Å²) in [4.78, 5) is 20.2. The van der Waals surface area contributed by atoms with Crippen LogP contribution in [0, 0.1) is 9.81 Å². The van der Waals surface area contributed by atoms with Gasteiger partial charge < -0.3 is 0 Å². The first kappa shape index (κ1) is 14.6. The fraction of sp³-hybridized carbons (Fsp3) is 0. The average molecular weight is 306 g/mol. The van der Waals surface area contributed by atoms with E-state index in [1.807, 2.05) is 0 Å². The number of hydrogen-bond donors (Lipinski definition) is 2.